The summed E-state index contributed by atoms with van der Waals surface area (Å²) in [6, 6.07) is 47.0. The van der Waals surface area contributed by atoms with Gasteiger partial charge in [-0.15, -0.1) is 0 Å². The highest BCUT2D eigenvalue weighted by molar-refractivity contribution is 5.50. The Morgan fingerprint density at radius 2 is 0.806 bits per heavy atom. The number of aromatic hydroxyl groups is 1. The second-order valence-corrected chi connectivity index (χ2v) is 9.58. The van der Waals surface area contributed by atoms with Crippen LogP contribution < -0.4 is 4.74 Å². The minimum atomic E-state index is -0.808. The highest BCUT2D eigenvalue weighted by atomic mass is 16.5. The molecule has 2 nitrogen and oxygen atoms in total. The molecule has 0 saturated heterocycles. The summed E-state index contributed by atoms with van der Waals surface area (Å²) in [5.74, 6) is 1.06. The number of phenols is 1. The van der Waals surface area contributed by atoms with Gasteiger partial charge in [-0.1, -0.05) is 129 Å². The first-order valence-electron chi connectivity index (χ1n) is 12.3. The van der Waals surface area contributed by atoms with Crippen LogP contribution in [0, 0.1) is 0 Å². The molecule has 0 fully saturated rings. The Hall–Kier alpha value is -4.30. The lowest BCUT2D eigenvalue weighted by Gasteiger charge is -2.36. The van der Waals surface area contributed by atoms with Crippen LogP contribution in [0.5, 0.6) is 11.5 Å². The summed E-state index contributed by atoms with van der Waals surface area (Å²) in [5, 5.41) is 9.70. The largest absolute Gasteiger partial charge is 0.508 e. The Morgan fingerprint density at radius 3 is 1.19 bits per heavy atom. The van der Waals surface area contributed by atoms with Gasteiger partial charge in [-0.2, -0.15) is 0 Å². The SMILES string of the molecule is CC(C)(c1ccc(O)cc1)c1ccc(OC(c2ccccc2)(c2ccccc2)c2ccccc2)cc1. The van der Waals surface area contributed by atoms with Gasteiger partial charge in [0.15, 0.2) is 5.60 Å². The summed E-state index contributed by atoms with van der Waals surface area (Å²) in [4.78, 5) is 0. The van der Waals surface area contributed by atoms with E-state index in [1.807, 2.05) is 30.3 Å². The van der Waals surface area contributed by atoms with E-state index in [4.69, 9.17) is 4.74 Å². The third-order valence-electron chi connectivity index (χ3n) is 6.98. The van der Waals surface area contributed by atoms with E-state index in [9.17, 15) is 5.11 Å². The number of phenolic OH excluding ortho intramolecular Hbond substituents is 1. The normalized spacial score (nSPS) is 11.7. The maximum Gasteiger partial charge on any atom is 0.184 e. The van der Waals surface area contributed by atoms with Crippen molar-refractivity contribution >= 4 is 0 Å². The summed E-state index contributed by atoms with van der Waals surface area (Å²) in [5.41, 5.74) is 4.48. The summed E-state index contributed by atoms with van der Waals surface area (Å²) < 4.78 is 7.02. The van der Waals surface area contributed by atoms with Crippen molar-refractivity contribution in [1.29, 1.82) is 0 Å². The number of hydrogen-bond donors (Lipinski definition) is 1. The average Bonchev–Trinajstić information content (AvgIpc) is 2.94. The average molecular weight is 471 g/mol. The Bertz CT molecular complexity index is 1290. The molecule has 0 saturated carbocycles. The molecule has 36 heavy (non-hydrogen) atoms. The van der Waals surface area contributed by atoms with Gasteiger partial charge in [0.2, 0.25) is 0 Å². The molecule has 0 aromatic heterocycles. The van der Waals surface area contributed by atoms with Gasteiger partial charge >= 0.3 is 0 Å². The van der Waals surface area contributed by atoms with Gasteiger partial charge in [-0.25, -0.2) is 0 Å². The molecule has 178 valence electrons. The molecule has 0 atom stereocenters. The number of rotatable bonds is 7. The topological polar surface area (TPSA) is 29.5 Å². The fourth-order valence-electron chi connectivity index (χ4n) is 4.86. The van der Waals surface area contributed by atoms with Gasteiger partial charge in [0.05, 0.1) is 0 Å². The first kappa shape index (κ1) is 23.4. The molecular formula is C34H30O2. The van der Waals surface area contributed by atoms with Gasteiger partial charge < -0.3 is 9.84 Å². The predicted molar refractivity (Wildman–Crippen MR) is 147 cm³/mol. The van der Waals surface area contributed by atoms with E-state index >= 15 is 0 Å². The summed E-state index contributed by atoms with van der Waals surface area (Å²) in [6.07, 6.45) is 0. The van der Waals surface area contributed by atoms with Gasteiger partial charge in [0.1, 0.15) is 11.5 Å². The lowest BCUT2D eigenvalue weighted by molar-refractivity contribution is 0.155. The fourth-order valence-corrected chi connectivity index (χ4v) is 4.86. The van der Waals surface area contributed by atoms with Crippen LogP contribution in [0.3, 0.4) is 0 Å². The number of benzene rings is 5. The van der Waals surface area contributed by atoms with E-state index in [0.29, 0.717) is 0 Å². The summed E-state index contributed by atoms with van der Waals surface area (Å²) in [7, 11) is 0. The third kappa shape index (κ3) is 4.38. The molecule has 1 N–H and O–H groups in total. The highest BCUT2D eigenvalue weighted by Gasteiger charge is 2.39. The first-order chi connectivity index (χ1) is 17.5. The van der Waals surface area contributed by atoms with Crippen molar-refractivity contribution in [2.45, 2.75) is 24.9 Å². The molecule has 5 aromatic rings. The lowest BCUT2D eigenvalue weighted by Crippen LogP contribution is -2.36. The molecule has 0 unspecified atom stereocenters. The van der Waals surface area contributed by atoms with Crippen molar-refractivity contribution < 1.29 is 9.84 Å². The molecule has 5 aromatic carbocycles. The molecule has 0 aliphatic rings. The van der Waals surface area contributed by atoms with E-state index < -0.39 is 5.60 Å². The maximum atomic E-state index is 9.70. The number of hydrogen-bond acceptors (Lipinski definition) is 2. The van der Waals surface area contributed by atoms with Crippen LogP contribution in [-0.4, -0.2) is 5.11 Å². The Labute approximate surface area is 213 Å². The molecule has 5 rings (SSSR count). The van der Waals surface area contributed by atoms with Crippen molar-refractivity contribution in [3.63, 3.8) is 0 Å². The van der Waals surface area contributed by atoms with Crippen molar-refractivity contribution in [2.24, 2.45) is 0 Å². The highest BCUT2D eigenvalue weighted by Crippen LogP contribution is 2.42. The van der Waals surface area contributed by atoms with Gasteiger partial charge in [0.25, 0.3) is 0 Å². The number of ether oxygens (including phenoxy) is 1. The molecule has 0 amide bonds. The Kier molecular flexibility index (Phi) is 6.35. The van der Waals surface area contributed by atoms with Crippen LogP contribution in [0.25, 0.3) is 0 Å². The van der Waals surface area contributed by atoms with E-state index in [-0.39, 0.29) is 11.2 Å². The van der Waals surface area contributed by atoms with Crippen molar-refractivity contribution in [2.75, 3.05) is 0 Å². The van der Waals surface area contributed by atoms with Crippen molar-refractivity contribution in [3.05, 3.63) is 167 Å². The van der Waals surface area contributed by atoms with Crippen LogP contribution >= 0.6 is 0 Å². The van der Waals surface area contributed by atoms with Crippen LogP contribution in [0.1, 0.15) is 41.7 Å². The van der Waals surface area contributed by atoms with E-state index in [2.05, 4.69) is 111 Å². The predicted octanol–water partition coefficient (Wildman–Crippen LogP) is 8.09. The van der Waals surface area contributed by atoms with Gasteiger partial charge in [-0.05, 0) is 35.4 Å². The quantitative estimate of drug-likeness (QED) is 0.244. The van der Waals surface area contributed by atoms with Gasteiger partial charge in [0, 0.05) is 22.1 Å². The minimum Gasteiger partial charge on any atom is -0.508 e. The molecule has 0 heterocycles. The Morgan fingerprint density at radius 1 is 0.444 bits per heavy atom. The third-order valence-corrected chi connectivity index (χ3v) is 6.98. The van der Waals surface area contributed by atoms with Crippen molar-refractivity contribution in [3.8, 4) is 11.5 Å². The van der Waals surface area contributed by atoms with Crippen LogP contribution in [0.2, 0.25) is 0 Å². The molecule has 0 spiro atoms. The zero-order valence-electron chi connectivity index (χ0n) is 20.6. The monoisotopic (exact) mass is 470 g/mol. The standard InChI is InChI=1S/C34H30O2/c1-33(2,26-18-22-31(35)23-19-26)27-20-24-32(25-21-27)36-34(28-12-6-3-7-13-28,29-14-8-4-9-15-29)30-16-10-5-11-17-30/h3-25,35H,1-2H3. The maximum absolute atomic E-state index is 9.70. The molecule has 0 aliphatic carbocycles. The lowest BCUT2D eigenvalue weighted by atomic mass is 9.78. The van der Waals surface area contributed by atoms with E-state index in [0.717, 1.165) is 28.0 Å². The Balaban J connectivity index is 1.60. The molecular weight excluding hydrogens is 440 g/mol. The summed E-state index contributed by atoms with van der Waals surface area (Å²) in [6.45, 7) is 4.38. The van der Waals surface area contributed by atoms with E-state index in [1.165, 1.54) is 5.56 Å². The van der Waals surface area contributed by atoms with Crippen LogP contribution in [0.4, 0.5) is 0 Å². The molecule has 0 bridgehead atoms. The van der Waals surface area contributed by atoms with E-state index in [1.54, 1.807) is 12.1 Å². The van der Waals surface area contributed by atoms with Crippen LogP contribution in [-0.2, 0) is 11.0 Å². The second kappa shape index (κ2) is 9.75. The van der Waals surface area contributed by atoms with Crippen LogP contribution in [0.15, 0.2) is 140 Å². The smallest absolute Gasteiger partial charge is 0.184 e. The second-order valence-electron chi connectivity index (χ2n) is 9.58. The molecule has 2 heteroatoms. The fraction of sp³-hybridized carbons (Fsp3) is 0.118. The van der Waals surface area contributed by atoms with Gasteiger partial charge in [-0.3, -0.25) is 0 Å². The minimum absolute atomic E-state index is 0.221. The molecule has 0 radical (unpaired) electrons. The van der Waals surface area contributed by atoms with Crippen molar-refractivity contribution in [1.82, 2.24) is 0 Å². The zero-order chi connectivity index (χ0) is 25.0. The molecule has 0 aliphatic heterocycles. The summed E-state index contributed by atoms with van der Waals surface area (Å²) >= 11 is 0. The first-order valence-corrected chi connectivity index (χ1v) is 12.3. The zero-order valence-corrected chi connectivity index (χ0v) is 20.6.